The van der Waals surface area contributed by atoms with Crippen molar-refractivity contribution in [3.8, 4) is 0 Å². The second-order valence-electron chi connectivity index (χ2n) is 6.29. The number of fused-ring (bicyclic) bond motifs is 1. The third-order valence-corrected chi connectivity index (χ3v) is 4.16. The smallest absolute Gasteiger partial charge is 0.225 e. The van der Waals surface area contributed by atoms with Gasteiger partial charge in [0, 0.05) is 32.0 Å². The van der Waals surface area contributed by atoms with Crippen molar-refractivity contribution in [3.05, 3.63) is 11.6 Å². The summed E-state index contributed by atoms with van der Waals surface area (Å²) in [6, 6.07) is 0.212. The van der Waals surface area contributed by atoms with Crippen LogP contribution >= 0.6 is 0 Å². The van der Waals surface area contributed by atoms with Gasteiger partial charge in [0.1, 0.15) is 5.82 Å². The van der Waals surface area contributed by atoms with E-state index in [-0.39, 0.29) is 17.9 Å². The fourth-order valence-corrected chi connectivity index (χ4v) is 2.86. The molecule has 6 heteroatoms. The Morgan fingerprint density at radius 3 is 2.86 bits per heavy atom. The number of aromatic nitrogens is 3. The molecule has 0 saturated carbocycles. The molecule has 0 saturated heterocycles. The maximum absolute atomic E-state index is 12.4. The van der Waals surface area contributed by atoms with E-state index < -0.39 is 0 Å². The van der Waals surface area contributed by atoms with Gasteiger partial charge >= 0.3 is 0 Å². The van der Waals surface area contributed by atoms with Gasteiger partial charge in [-0.25, -0.2) is 0 Å². The van der Waals surface area contributed by atoms with E-state index in [4.69, 9.17) is 5.73 Å². The summed E-state index contributed by atoms with van der Waals surface area (Å²) in [4.78, 5) is 14.2. The SMILES string of the molecule is CC(N)CCCC(C)C(=O)N(C)Cc1nnc2n1CCC2. The molecule has 1 aliphatic heterocycles. The van der Waals surface area contributed by atoms with Crippen molar-refractivity contribution in [2.45, 2.75) is 65.1 Å². The van der Waals surface area contributed by atoms with E-state index in [0.717, 1.165) is 50.3 Å². The molecule has 0 aromatic carbocycles. The molecule has 2 heterocycles. The molecular weight excluding hydrogens is 266 g/mol. The quantitative estimate of drug-likeness (QED) is 0.823. The molecule has 2 rings (SSSR count). The monoisotopic (exact) mass is 293 g/mol. The molecule has 2 unspecified atom stereocenters. The highest BCUT2D eigenvalue weighted by Gasteiger charge is 2.22. The Hall–Kier alpha value is -1.43. The summed E-state index contributed by atoms with van der Waals surface area (Å²) in [6.07, 6.45) is 4.99. The Balaban J connectivity index is 1.84. The summed E-state index contributed by atoms with van der Waals surface area (Å²) in [5.41, 5.74) is 5.74. The Morgan fingerprint density at radius 1 is 1.38 bits per heavy atom. The minimum atomic E-state index is 0.0368. The first-order valence-corrected chi connectivity index (χ1v) is 7.90. The molecule has 1 aromatic heterocycles. The number of nitrogens with zero attached hydrogens (tertiary/aromatic N) is 4. The van der Waals surface area contributed by atoms with Crippen LogP contribution in [-0.2, 0) is 24.3 Å². The maximum Gasteiger partial charge on any atom is 0.225 e. The van der Waals surface area contributed by atoms with Gasteiger partial charge in [0.25, 0.3) is 0 Å². The minimum absolute atomic E-state index is 0.0368. The molecule has 0 bridgehead atoms. The van der Waals surface area contributed by atoms with Gasteiger partial charge in [-0.05, 0) is 26.2 Å². The van der Waals surface area contributed by atoms with E-state index >= 15 is 0 Å². The average molecular weight is 293 g/mol. The Bertz CT molecular complexity index is 482. The molecule has 6 nitrogen and oxygen atoms in total. The molecule has 21 heavy (non-hydrogen) atoms. The molecule has 0 fully saturated rings. The molecule has 118 valence electrons. The van der Waals surface area contributed by atoms with Crippen molar-refractivity contribution in [3.63, 3.8) is 0 Å². The molecule has 2 N–H and O–H groups in total. The molecular formula is C15H27N5O. The number of hydrogen-bond donors (Lipinski definition) is 1. The topological polar surface area (TPSA) is 77.0 Å². The van der Waals surface area contributed by atoms with Crippen LogP contribution in [0, 0.1) is 5.92 Å². The van der Waals surface area contributed by atoms with Crippen LogP contribution in [0.25, 0.3) is 0 Å². The summed E-state index contributed by atoms with van der Waals surface area (Å²) < 4.78 is 2.14. The number of hydrogen-bond acceptors (Lipinski definition) is 4. The summed E-state index contributed by atoms with van der Waals surface area (Å²) in [7, 11) is 1.85. The van der Waals surface area contributed by atoms with Crippen LogP contribution in [0.4, 0.5) is 0 Å². The minimum Gasteiger partial charge on any atom is -0.338 e. The number of rotatable bonds is 7. The van der Waals surface area contributed by atoms with Gasteiger partial charge in [-0.3, -0.25) is 4.79 Å². The lowest BCUT2D eigenvalue weighted by Crippen LogP contribution is -2.32. The van der Waals surface area contributed by atoms with Crippen LogP contribution in [0.2, 0.25) is 0 Å². The van der Waals surface area contributed by atoms with Crippen molar-refractivity contribution in [1.82, 2.24) is 19.7 Å². The summed E-state index contributed by atoms with van der Waals surface area (Å²) in [5.74, 6) is 2.17. The van der Waals surface area contributed by atoms with E-state index in [0.29, 0.717) is 6.54 Å². The van der Waals surface area contributed by atoms with E-state index in [1.54, 1.807) is 4.90 Å². The lowest BCUT2D eigenvalue weighted by atomic mass is 10.0. The average Bonchev–Trinajstić information content (AvgIpc) is 3.02. The summed E-state index contributed by atoms with van der Waals surface area (Å²) >= 11 is 0. The molecule has 2 atom stereocenters. The zero-order valence-corrected chi connectivity index (χ0v) is 13.4. The number of amides is 1. The standard InChI is InChI=1S/C15H27N5O/c1-11(6-4-7-12(2)16)15(21)19(3)10-14-18-17-13-8-5-9-20(13)14/h11-12H,4-10,16H2,1-3H3. The number of nitrogens with two attached hydrogens (primary N) is 1. The van der Waals surface area contributed by atoms with E-state index in [9.17, 15) is 4.79 Å². The molecule has 0 spiro atoms. The molecule has 0 radical (unpaired) electrons. The Morgan fingerprint density at radius 2 is 2.14 bits per heavy atom. The first kappa shape index (κ1) is 15.9. The normalized spacial score (nSPS) is 16.6. The maximum atomic E-state index is 12.4. The van der Waals surface area contributed by atoms with Crippen LogP contribution in [0.1, 0.15) is 51.2 Å². The second-order valence-corrected chi connectivity index (χ2v) is 6.29. The number of carbonyl (C=O) groups is 1. The largest absolute Gasteiger partial charge is 0.338 e. The van der Waals surface area contributed by atoms with Gasteiger partial charge in [0.15, 0.2) is 5.82 Å². The second kappa shape index (κ2) is 7.02. The predicted octanol–water partition coefficient (Wildman–Crippen LogP) is 1.34. The zero-order valence-electron chi connectivity index (χ0n) is 13.4. The van der Waals surface area contributed by atoms with Crippen molar-refractivity contribution >= 4 is 5.91 Å². The van der Waals surface area contributed by atoms with Gasteiger partial charge in [-0.2, -0.15) is 0 Å². The van der Waals surface area contributed by atoms with E-state index in [2.05, 4.69) is 14.8 Å². The van der Waals surface area contributed by atoms with Crippen LogP contribution in [0.5, 0.6) is 0 Å². The van der Waals surface area contributed by atoms with Crippen LogP contribution < -0.4 is 5.73 Å². The highest BCUT2D eigenvalue weighted by Crippen LogP contribution is 2.17. The summed E-state index contributed by atoms with van der Waals surface area (Å²) in [6.45, 7) is 5.52. The van der Waals surface area contributed by atoms with Crippen molar-refractivity contribution in [2.24, 2.45) is 11.7 Å². The number of carbonyl (C=O) groups excluding carboxylic acids is 1. The highest BCUT2D eigenvalue weighted by molar-refractivity contribution is 5.78. The number of aryl methyl sites for hydroxylation is 1. The van der Waals surface area contributed by atoms with Crippen LogP contribution in [-0.4, -0.2) is 38.7 Å². The van der Waals surface area contributed by atoms with Crippen molar-refractivity contribution in [2.75, 3.05) is 7.05 Å². The van der Waals surface area contributed by atoms with Crippen LogP contribution in [0.3, 0.4) is 0 Å². The summed E-state index contributed by atoms with van der Waals surface area (Å²) in [5, 5.41) is 8.39. The third kappa shape index (κ3) is 4.03. The third-order valence-electron chi connectivity index (χ3n) is 4.16. The van der Waals surface area contributed by atoms with E-state index in [1.165, 1.54) is 0 Å². The molecule has 1 aliphatic rings. The fourth-order valence-electron chi connectivity index (χ4n) is 2.86. The van der Waals surface area contributed by atoms with Gasteiger partial charge in [-0.1, -0.05) is 13.3 Å². The van der Waals surface area contributed by atoms with Gasteiger partial charge < -0.3 is 15.2 Å². The lowest BCUT2D eigenvalue weighted by molar-refractivity contribution is -0.134. The van der Waals surface area contributed by atoms with Gasteiger partial charge in [0.05, 0.1) is 6.54 Å². The van der Waals surface area contributed by atoms with Gasteiger partial charge in [-0.15, -0.1) is 10.2 Å². The Labute approximate surface area is 126 Å². The zero-order chi connectivity index (χ0) is 15.4. The molecule has 1 amide bonds. The molecule has 0 aliphatic carbocycles. The lowest BCUT2D eigenvalue weighted by Gasteiger charge is -2.21. The fraction of sp³-hybridized carbons (Fsp3) is 0.800. The first-order chi connectivity index (χ1) is 9.99. The Kier molecular flexibility index (Phi) is 5.33. The highest BCUT2D eigenvalue weighted by atomic mass is 16.2. The van der Waals surface area contributed by atoms with Crippen molar-refractivity contribution in [1.29, 1.82) is 0 Å². The first-order valence-electron chi connectivity index (χ1n) is 7.90. The van der Waals surface area contributed by atoms with Crippen molar-refractivity contribution < 1.29 is 4.79 Å². The van der Waals surface area contributed by atoms with E-state index in [1.807, 2.05) is 20.9 Å². The van der Waals surface area contributed by atoms with Gasteiger partial charge in [0.2, 0.25) is 5.91 Å². The van der Waals surface area contributed by atoms with Crippen LogP contribution in [0.15, 0.2) is 0 Å². The molecule has 1 aromatic rings. The predicted molar refractivity (Wildman–Crippen MR) is 81.5 cm³/mol.